The molecule has 0 aliphatic carbocycles. The number of ether oxygens (including phenoxy) is 1. The Hall–Kier alpha value is -0.910. The Morgan fingerprint density at radius 2 is 1.59 bits per heavy atom. The van der Waals surface area contributed by atoms with Gasteiger partial charge in [-0.1, -0.05) is 6.92 Å². The summed E-state index contributed by atoms with van der Waals surface area (Å²) in [7, 11) is -9.33. The van der Waals surface area contributed by atoms with Crippen LogP contribution in [-0.2, 0) is 30.3 Å². The second kappa shape index (κ2) is 9.28. The summed E-state index contributed by atoms with van der Waals surface area (Å²) in [5.41, 5.74) is 9.89. The fourth-order valence-corrected chi connectivity index (χ4v) is 1.42. The van der Waals surface area contributed by atoms with Crippen LogP contribution < -0.4 is 16.8 Å². The molecule has 1 saturated heterocycles. The van der Waals surface area contributed by atoms with Crippen molar-refractivity contribution in [3.05, 3.63) is 0 Å². The van der Waals surface area contributed by atoms with Gasteiger partial charge in [-0.25, -0.2) is 0 Å². The van der Waals surface area contributed by atoms with Crippen LogP contribution in [0.2, 0.25) is 0 Å². The van der Waals surface area contributed by atoms with Crippen LogP contribution in [0, 0.1) is 0 Å². The summed E-state index contributed by atoms with van der Waals surface area (Å²) >= 11 is 0. The number of primary amides is 1. The number of rotatable bonds is 2. The van der Waals surface area contributed by atoms with E-state index in [1.54, 1.807) is 0 Å². The fourth-order valence-electron chi connectivity index (χ4n) is 1.42. The minimum Gasteiger partial charge on any atom is -0.367 e. The van der Waals surface area contributed by atoms with Gasteiger partial charge in [0.25, 0.3) is 5.91 Å². The summed E-state index contributed by atoms with van der Waals surface area (Å²) in [6, 6.07) is 0. The summed E-state index contributed by atoms with van der Waals surface area (Å²) in [4.78, 5) is 11.1. The molecule has 15 heteroatoms. The van der Waals surface area contributed by atoms with Crippen molar-refractivity contribution < 1.29 is 44.6 Å². The van der Waals surface area contributed by atoms with Gasteiger partial charge in [-0.2, -0.15) is 16.8 Å². The van der Waals surface area contributed by atoms with Gasteiger partial charge in [0.2, 0.25) is 0 Å². The molecule has 0 spiro atoms. The van der Waals surface area contributed by atoms with E-state index >= 15 is 0 Å². The zero-order valence-electron chi connectivity index (χ0n) is 11.4. The van der Waals surface area contributed by atoms with Crippen LogP contribution in [0.5, 0.6) is 0 Å². The Morgan fingerprint density at radius 3 is 1.77 bits per heavy atom. The van der Waals surface area contributed by atoms with Gasteiger partial charge in [-0.15, -0.1) is 0 Å². The largest absolute Gasteiger partial charge is 0.394 e. The highest BCUT2D eigenvalue weighted by Gasteiger charge is 2.44. The minimum absolute atomic E-state index is 0.477. The molecule has 1 aliphatic heterocycles. The summed E-state index contributed by atoms with van der Waals surface area (Å²) < 4.78 is 68.5. The maximum absolute atomic E-state index is 11.1. The molecule has 1 amide bonds. The lowest BCUT2D eigenvalue weighted by Gasteiger charge is -2.39. The van der Waals surface area contributed by atoms with Crippen molar-refractivity contribution in [3.63, 3.8) is 0 Å². The number of morpholine rings is 1. The Balaban J connectivity index is 0. The number of hydrogen-bond acceptors (Lipinski definition) is 8. The molecule has 2 atom stereocenters. The molecule has 1 rings (SSSR count). The van der Waals surface area contributed by atoms with Crippen LogP contribution in [0.25, 0.3) is 0 Å². The van der Waals surface area contributed by atoms with Crippen molar-refractivity contribution in [2.45, 2.75) is 25.1 Å². The van der Waals surface area contributed by atoms with E-state index < -0.39 is 38.5 Å². The summed E-state index contributed by atoms with van der Waals surface area (Å²) in [6.07, 6.45) is 0.00463. The van der Waals surface area contributed by atoms with Gasteiger partial charge in [-0.05, 0) is 6.42 Å². The molecule has 0 saturated carbocycles. The van der Waals surface area contributed by atoms with E-state index in [0.29, 0.717) is 19.6 Å². The van der Waals surface area contributed by atoms with Gasteiger partial charge in [0.15, 0.2) is 5.60 Å². The molecular formula is C7H19N3O10S2. The minimum atomic E-state index is -4.67. The van der Waals surface area contributed by atoms with E-state index in [9.17, 15) is 4.79 Å². The third-order valence-electron chi connectivity index (χ3n) is 2.27. The lowest BCUT2D eigenvalue weighted by Crippen LogP contribution is -2.67. The highest BCUT2D eigenvalue weighted by molar-refractivity contribution is 7.80. The topological polar surface area (TPSA) is 240 Å². The average Bonchev–Trinajstić information content (AvgIpc) is 2.25. The predicted octanol–water partition coefficient (Wildman–Crippen LogP) is -2.78. The van der Waals surface area contributed by atoms with Gasteiger partial charge >= 0.3 is 20.8 Å². The quantitative estimate of drug-likeness (QED) is 0.244. The van der Waals surface area contributed by atoms with Crippen LogP contribution in [-0.4, -0.2) is 65.9 Å². The van der Waals surface area contributed by atoms with Crippen molar-refractivity contribution >= 4 is 26.7 Å². The van der Waals surface area contributed by atoms with Crippen molar-refractivity contribution in [1.29, 1.82) is 0 Å². The molecule has 0 aromatic heterocycles. The average molecular weight is 369 g/mol. The standard InChI is InChI=1S/C7H15N3O2.2H2O4S/c1-2-7(6(9)11)5(8)10-3-4-12-7;2*1-5(2,3)4/h5,10H,2-4,8H2,1H3,(H2,9,11);2*(H2,1,2,3,4). The summed E-state index contributed by atoms with van der Waals surface area (Å²) in [5.74, 6) is -0.496. The van der Waals surface area contributed by atoms with Crippen molar-refractivity contribution in [1.82, 2.24) is 5.32 Å². The van der Waals surface area contributed by atoms with Gasteiger partial charge < -0.3 is 16.2 Å². The third kappa shape index (κ3) is 12.8. The highest BCUT2D eigenvalue weighted by Crippen LogP contribution is 2.20. The maximum Gasteiger partial charge on any atom is 0.394 e. The lowest BCUT2D eigenvalue weighted by molar-refractivity contribution is -0.155. The SMILES string of the molecule is CCC1(C(N)=O)OCCNC1N.O=S(=O)(O)O.O=S(=O)(O)O. The van der Waals surface area contributed by atoms with Gasteiger partial charge in [0.05, 0.1) is 12.8 Å². The molecule has 22 heavy (non-hydrogen) atoms. The molecule has 9 N–H and O–H groups in total. The number of nitrogens with two attached hydrogens (primary N) is 2. The van der Waals surface area contributed by atoms with Gasteiger partial charge in [0.1, 0.15) is 0 Å². The normalized spacial score (nSPS) is 25.1. The third-order valence-corrected chi connectivity index (χ3v) is 2.27. The first kappa shape index (κ1) is 23.4. The van der Waals surface area contributed by atoms with Gasteiger partial charge in [0, 0.05) is 6.54 Å². The Morgan fingerprint density at radius 1 is 1.23 bits per heavy atom. The zero-order valence-corrected chi connectivity index (χ0v) is 13.0. The van der Waals surface area contributed by atoms with E-state index in [0.717, 1.165) is 0 Å². The lowest BCUT2D eigenvalue weighted by atomic mass is 9.94. The fraction of sp³-hybridized carbons (Fsp3) is 0.857. The summed E-state index contributed by atoms with van der Waals surface area (Å²) in [5, 5.41) is 2.96. The first-order valence-corrected chi connectivity index (χ1v) is 8.25. The Kier molecular flexibility index (Phi) is 9.85. The summed E-state index contributed by atoms with van der Waals surface area (Å²) in [6.45, 7) is 2.97. The number of nitrogens with one attached hydrogen (secondary N) is 1. The van der Waals surface area contributed by atoms with Crippen LogP contribution in [0.15, 0.2) is 0 Å². The van der Waals surface area contributed by atoms with Crippen LogP contribution in [0.1, 0.15) is 13.3 Å². The van der Waals surface area contributed by atoms with Crippen molar-refractivity contribution in [3.8, 4) is 0 Å². The van der Waals surface area contributed by atoms with Crippen LogP contribution in [0.3, 0.4) is 0 Å². The van der Waals surface area contributed by atoms with Crippen molar-refractivity contribution in [2.24, 2.45) is 11.5 Å². The number of amides is 1. The smallest absolute Gasteiger partial charge is 0.367 e. The molecule has 0 aromatic rings. The second-order valence-corrected chi connectivity index (χ2v) is 5.57. The van der Waals surface area contributed by atoms with Gasteiger partial charge in [-0.3, -0.25) is 28.3 Å². The Bertz CT molecular complexity index is 501. The molecule has 13 nitrogen and oxygen atoms in total. The maximum atomic E-state index is 11.1. The highest BCUT2D eigenvalue weighted by atomic mass is 32.3. The zero-order chi connectivity index (χ0) is 18.2. The van der Waals surface area contributed by atoms with E-state index in [1.807, 2.05) is 6.92 Å². The van der Waals surface area contributed by atoms with Crippen molar-refractivity contribution in [2.75, 3.05) is 13.2 Å². The first-order valence-electron chi connectivity index (χ1n) is 5.46. The van der Waals surface area contributed by atoms with E-state index in [4.69, 9.17) is 51.3 Å². The molecule has 1 fully saturated rings. The van der Waals surface area contributed by atoms with E-state index in [1.165, 1.54) is 0 Å². The first-order chi connectivity index (χ1) is 9.63. The number of carbonyl (C=O) groups is 1. The molecule has 134 valence electrons. The van der Waals surface area contributed by atoms with E-state index in [2.05, 4.69) is 5.32 Å². The van der Waals surface area contributed by atoms with E-state index in [-0.39, 0.29) is 0 Å². The molecule has 1 heterocycles. The Labute approximate surface area is 127 Å². The molecular weight excluding hydrogens is 350 g/mol. The molecule has 1 aliphatic rings. The molecule has 0 radical (unpaired) electrons. The molecule has 0 aromatic carbocycles. The molecule has 2 unspecified atom stereocenters. The second-order valence-electron chi connectivity index (χ2n) is 3.78. The van der Waals surface area contributed by atoms with Crippen LogP contribution in [0.4, 0.5) is 0 Å². The number of carbonyl (C=O) groups excluding carboxylic acids is 1. The number of hydrogen-bond donors (Lipinski definition) is 7. The van der Waals surface area contributed by atoms with Crippen LogP contribution >= 0.6 is 0 Å². The monoisotopic (exact) mass is 369 g/mol. The molecule has 0 bridgehead atoms. The predicted molar refractivity (Wildman–Crippen MR) is 72.5 cm³/mol.